The van der Waals surface area contributed by atoms with E-state index < -0.39 is 0 Å². The first-order chi connectivity index (χ1) is 13.0. The van der Waals surface area contributed by atoms with Crippen molar-refractivity contribution < 1.29 is 0 Å². The summed E-state index contributed by atoms with van der Waals surface area (Å²) in [6, 6.07) is 6.54. The molecule has 1 aliphatic rings. The first-order valence-corrected chi connectivity index (χ1v) is 9.69. The van der Waals surface area contributed by atoms with Crippen LogP contribution in [0.25, 0.3) is 0 Å². The lowest BCUT2D eigenvalue weighted by Crippen LogP contribution is -2.47. The van der Waals surface area contributed by atoms with Gasteiger partial charge in [0.25, 0.3) is 0 Å². The Balaban J connectivity index is 1.56. The first-order valence-electron chi connectivity index (χ1n) is 9.69. The monoisotopic (exact) mass is 369 g/mol. The highest BCUT2D eigenvalue weighted by atomic mass is 15.3. The molecule has 0 saturated carbocycles. The molecule has 3 rings (SSSR count). The van der Waals surface area contributed by atoms with Crippen molar-refractivity contribution >= 4 is 17.5 Å². The number of anilines is 3. The van der Waals surface area contributed by atoms with E-state index in [1.54, 1.807) is 6.20 Å². The highest BCUT2D eigenvalue weighted by Gasteiger charge is 2.20. The largest absolute Gasteiger partial charge is 0.368 e. The summed E-state index contributed by atoms with van der Waals surface area (Å²) in [6.45, 7) is 10.1. The zero-order valence-corrected chi connectivity index (χ0v) is 16.9. The van der Waals surface area contributed by atoms with Gasteiger partial charge in [0, 0.05) is 38.4 Å². The molecular formula is C20H31N7. The minimum Gasteiger partial charge on any atom is -0.368 e. The van der Waals surface area contributed by atoms with Gasteiger partial charge in [-0.1, -0.05) is 12.1 Å². The average molecular weight is 370 g/mol. The van der Waals surface area contributed by atoms with E-state index in [1.807, 2.05) is 0 Å². The third kappa shape index (κ3) is 5.07. The van der Waals surface area contributed by atoms with Crippen LogP contribution in [0.15, 0.2) is 24.4 Å². The molecule has 1 aromatic carbocycles. The lowest BCUT2D eigenvalue weighted by Gasteiger charge is -2.37. The second-order valence-electron chi connectivity index (χ2n) is 7.41. The number of rotatable bonds is 7. The third-order valence-corrected chi connectivity index (χ3v) is 5.13. The maximum Gasteiger partial charge on any atom is 0.244 e. The fourth-order valence-electron chi connectivity index (χ4n) is 3.37. The van der Waals surface area contributed by atoms with Crippen molar-refractivity contribution in [3.05, 3.63) is 35.5 Å². The van der Waals surface area contributed by atoms with Crippen LogP contribution in [0.2, 0.25) is 0 Å². The molecule has 1 saturated heterocycles. The number of hydrogen-bond acceptors (Lipinski definition) is 7. The van der Waals surface area contributed by atoms with E-state index in [0.717, 1.165) is 51.5 Å². The van der Waals surface area contributed by atoms with E-state index in [9.17, 15) is 0 Å². The molecule has 1 aliphatic heterocycles. The van der Waals surface area contributed by atoms with Crippen LogP contribution < -0.4 is 15.1 Å². The van der Waals surface area contributed by atoms with Gasteiger partial charge in [-0.3, -0.25) is 0 Å². The quantitative estimate of drug-likeness (QED) is 0.751. The van der Waals surface area contributed by atoms with Gasteiger partial charge in [-0.05, 0) is 58.1 Å². The highest BCUT2D eigenvalue weighted by Crippen LogP contribution is 2.24. The van der Waals surface area contributed by atoms with E-state index in [1.165, 1.54) is 16.8 Å². The molecule has 0 amide bonds. The molecule has 2 aromatic rings. The van der Waals surface area contributed by atoms with Crippen molar-refractivity contribution in [1.29, 1.82) is 0 Å². The Kier molecular flexibility index (Phi) is 6.45. The molecule has 0 aliphatic carbocycles. The number of aromatic nitrogens is 3. The summed E-state index contributed by atoms with van der Waals surface area (Å²) in [7, 11) is 4.16. The lowest BCUT2D eigenvalue weighted by molar-refractivity contribution is 0.405. The summed E-state index contributed by atoms with van der Waals surface area (Å²) in [5, 5.41) is 11.5. The summed E-state index contributed by atoms with van der Waals surface area (Å²) in [4.78, 5) is 11.6. The standard InChI is InChI=1S/C20H31N7/c1-16-7-5-8-18(17(16)2)26-11-13-27(14-12-26)19-15-22-24-20(23-19)21-9-6-10-25(3)4/h5,7-8,15H,6,9-14H2,1-4H3,(H,21,23,24). The molecular weight excluding hydrogens is 338 g/mol. The van der Waals surface area contributed by atoms with Crippen molar-refractivity contribution in [2.24, 2.45) is 0 Å². The van der Waals surface area contributed by atoms with Crippen molar-refractivity contribution in [1.82, 2.24) is 20.1 Å². The van der Waals surface area contributed by atoms with Gasteiger partial charge >= 0.3 is 0 Å². The molecule has 7 nitrogen and oxygen atoms in total. The Labute approximate surface area is 162 Å². The molecule has 0 unspecified atom stereocenters. The van der Waals surface area contributed by atoms with Crippen LogP contribution in [0.1, 0.15) is 17.5 Å². The maximum absolute atomic E-state index is 4.65. The Morgan fingerprint density at radius 2 is 1.81 bits per heavy atom. The van der Waals surface area contributed by atoms with Crippen LogP contribution >= 0.6 is 0 Å². The molecule has 146 valence electrons. The molecule has 27 heavy (non-hydrogen) atoms. The average Bonchev–Trinajstić information content (AvgIpc) is 2.68. The van der Waals surface area contributed by atoms with E-state index in [-0.39, 0.29) is 0 Å². The molecule has 2 heterocycles. The zero-order chi connectivity index (χ0) is 19.2. The maximum atomic E-state index is 4.65. The Morgan fingerprint density at radius 1 is 1.07 bits per heavy atom. The van der Waals surface area contributed by atoms with Gasteiger partial charge in [-0.15, -0.1) is 5.10 Å². The second-order valence-corrected chi connectivity index (χ2v) is 7.41. The second kappa shape index (κ2) is 8.99. The SMILES string of the molecule is Cc1cccc(N2CCN(c3cnnc(NCCCN(C)C)n3)CC2)c1C. The van der Waals surface area contributed by atoms with Gasteiger partial charge in [0.2, 0.25) is 5.95 Å². The third-order valence-electron chi connectivity index (χ3n) is 5.13. The fourth-order valence-corrected chi connectivity index (χ4v) is 3.37. The van der Waals surface area contributed by atoms with Crippen LogP contribution in [0.3, 0.4) is 0 Å². The topological polar surface area (TPSA) is 60.4 Å². The molecule has 0 spiro atoms. The summed E-state index contributed by atoms with van der Waals surface area (Å²) >= 11 is 0. The van der Waals surface area contributed by atoms with Crippen LogP contribution in [0, 0.1) is 13.8 Å². The first kappa shape index (κ1) is 19.4. The van der Waals surface area contributed by atoms with Crippen molar-refractivity contribution in [3.8, 4) is 0 Å². The van der Waals surface area contributed by atoms with Gasteiger partial charge in [-0.2, -0.15) is 10.1 Å². The fraction of sp³-hybridized carbons (Fsp3) is 0.550. The number of nitrogens with one attached hydrogen (secondary N) is 1. The Bertz CT molecular complexity index is 739. The smallest absolute Gasteiger partial charge is 0.244 e. The van der Waals surface area contributed by atoms with Gasteiger partial charge < -0.3 is 20.0 Å². The Morgan fingerprint density at radius 3 is 2.56 bits per heavy atom. The van der Waals surface area contributed by atoms with Gasteiger partial charge in [-0.25, -0.2) is 0 Å². The molecule has 7 heteroatoms. The van der Waals surface area contributed by atoms with Crippen LogP contribution in [-0.2, 0) is 0 Å². The van der Waals surface area contributed by atoms with Gasteiger partial charge in [0.15, 0.2) is 5.82 Å². The van der Waals surface area contributed by atoms with Crippen LogP contribution in [0.4, 0.5) is 17.5 Å². The van der Waals surface area contributed by atoms with E-state index in [0.29, 0.717) is 5.95 Å². The molecule has 1 fully saturated rings. The van der Waals surface area contributed by atoms with E-state index in [4.69, 9.17) is 0 Å². The molecule has 1 N–H and O–H groups in total. The predicted octanol–water partition coefficient (Wildman–Crippen LogP) is 2.18. The highest BCUT2D eigenvalue weighted by molar-refractivity contribution is 5.57. The summed E-state index contributed by atoms with van der Waals surface area (Å²) in [5.41, 5.74) is 4.07. The molecule has 0 atom stereocenters. The van der Waals surface area contributed by atoms with Crippen LogP contribution in [0.5, 0.6) is 0 Å². The number of aryl methyl sites for hydroxylation is 1. The summed E-state index contributed by atoms with van der Waals surface area (Å²) in [5.74, 6) is 1.52. The number of benzene rings is 1. The predicted molar refractivity (Wildman–Crippen MR) is 112 cm³/mol. The van der Waals surface area contributed by atoms with E-state index in [2.05, 4.69) is 81.3 Å². The minimum atomic E-state index is 0.614. The van der Waals surface area contributed by atoms with Crippen molar-refractivity contribution in [3.63, 3.8) is 0 Å². The number of piperazine rings is 1. The Hall–Kier alpha value is -2.41. The molecule has 1 aromatic heterocycles. The van der Waals surface area contributed by atoms with Crippen molar-refractivity contribution in [2.45, 2.75) is 20.3 Å². The van der Waals surface area contributed by atoms with Gasteiger partial charge in [0.05, 0.1) is 6.20 Å². The summed E-state index contributed by atoms with van der Waals surface area (Å²) in [6.07, 6.45) is 2.81. The summed E-state index contributed by atoms with van der Waals surface area (Å²) < 4.78 is 0. The normalized spacial score (nSPS) is 14.7. The minimum absolute atomic E-state index is 0.614. The van der Waals surface area contributed by atoms with Gasteiger partial charge in [0.1, 0.15) is 0 Å². The molecule has 0 bridgehead atoms. The molecule has 0 radical (unpaired) electrons. The number of nitrogens with zero attached hydrogens (tertiary/aromatic N) is 6. The zero-order valence-electron chi connectivity index (χ0n) is 16.9. The lowest BCUT2D eigenvalue weighted by atomic mass is 10.1. The van der Waals surface area contributed by atoms with Crippen LogP contribution in [-0.4, -0.2) is 73.4 Å². The number of hydrogen-bond donors (Lipinski definition) is 1. The van der Waals surface area contributed by atoms with Crippen molar-refractivity contribution in [2.75, 3.05) is 68.5 Å². The van der Waals surface area contributed by atoms with E-state index >= 15 is 0 Å².